The molecule has 1 saturated heterocycles. The number of hydrogen-bond donors (Lipinski definition) is 0. The van der Waals surface area contributed by atoms with Crippen molar-refractivity contribution in [2.24, 2.45) is 0 Å². The summed E-state index contributed by atoms with van der Waals surface area (Å²) in [6.07, 6.45) is 1.63. The van der Waals surface area contributed by atoms with Gasteiger partial charge in [0.05, 0.1) is 10.4 Å². The van der Waals surface area contributed by atoms with Crippen molar-refractivity contribution < 1.29 is 8.42 Å². The summed E-state index contributed by atoms with van der Waals surface area (Å²) in [7, 11) is -1.55. The maximum absolute atomic E-state index is 13.1. The molecule has 5 nitrogen and oxygen atoms in total. The zero-order chi connectivity index (χ0) is 19.0. The van der Waals surface area contributed by atoms with E-state index in [9.17, 15) is 8.42 Å². The molecule has 0 atom stereocenters. The van der Waals surface area contributed by atoms with Crippen molar-refractivity contribution in [1.82, 2.24) is 13.8 Å². The molecule has 1 aliphatic heterocycles. The number of benzene rings is 2. The minimum Gasteiger partial charge on any atom is -0.304 e. The smallest absolute Gasteiger partial charge is 0.268 e. The van der Waals surface area contributed by atoms with Crippen LogP contribution in [0.1, 0.15) is 5.56 Å². The van der Waals surface area contributed by atoms with Crippen molar-refractivity contribution in [3.63, 3.8) is 0 Å². The monoisotopic (exact) mass is 403 g/mol. The number of rotatable bonds is 4. The molecule has 3 aromatic rings. The zero-order valence-corrected chi connectivity index (χ0v) is 16.7. The molecule has 0 bridgehead atoms. The molecule has 1 aromatic heterocycles. The van der Waals surface area contributed by atoms with Gasteiger partial charge < -0.3 is 4.90 Å². The molecule has 142 valence electrons. The van der Waals surface area contributed by atoms with E-state index >= 15 is 0 Å². The Morgan fingerprint density at radius 2 is 1.74 bits per heavy atom. The summed E-state index contributed by atoms with van der Waals surface area (Å²) < 4.78 is 27.5. The zero-order valence-electron chi connectivity index (χ0n) is 15.2. The molecule has 0 saturated carbocycles. The van der Waals surface area contributed by atoms with Gasteiger partial charge in [0.2, 0.25) is 0 Å². The molecular formula is C20H22ClN3O2S. The topological polar surface area (TPSA) is 45.5 Å². The lowest BCUT2D eigenvalue weighted by atomic mass is 10.1. The molecule has 0 radical (unpaired) electrons. The average Bonchev–Trinajstić information content (AvgIpc) is 3.10. The van der Waals surface area contributed by atoms with E-state index in [0.29, 0.717) is 10.5 Å². The number of piperazine rings is 1. The molecule has 0 spiro atoms. The summed E-state index contributed by atoms with van der Waals surface area (Å²) >= 11 is 5.99. The van der Waals surface area contributed by atoms with Gasteiger partial charge in [-0.2, -0.15) is 0 Å². The molecule has 0 amide bonds. The fourth-order valence-electron chi connectivity index (χ4n) is 3.54. The highest BCUT2D eigenvalue weighted by molar-refractivity contribution is 7.90. The quantitative estimate of drug-likeness (QED) is 0.670. The van der Waals surface area contributed by atoms with Crippen LogP contribution in [0.25, 0.3) is 10.9 Å². The number of nitrogens with zero attached hydrogens (tertiary/aromatic N) is 3. The summed E-state index contributed by atoms with van der Waals surface area (Å²) in [6.45, 7) is 4.98. The molecule has 2 aromatic carbocycles. The Bertz CT molecular complexity index is 1070. The molecule has 27 heavy (non-hydrogen) atoms. The molecule has 7 heteroatoms. The lowest BCUT2D eigenvalue weighted by Crippen LogP contribution is -2.43. The van der Waals surface area contributed by atoms with Gasteiger partial charge in [0.25, 0.3) is 10.0 Å². The van der Waals surface area contributed by atoms with Crippen molar-refractivity contribution >= 4 is 32.5 Å². The van der Waals surface area contributed by atoms with Crippen LogP contribution in [0.15, 0.2) is 59.6 Å². The summed E-state index contributed by atoms with van der Waals surface area (Å²) in [4.78, 5) is 4.93. The van der Waals surface area contributed by atoms with E-state index in [1.54, 1.807) is 24.4 Å². The van der Waals surface area contributed by atoms with Gasteiger partial charge in [-0.3, -0.25) is 4.90 Å². The molecule has 1 fully saturated rings. The van der Waals surface area contributed by atoms with Crippen LogP contribution in [0, 0.1) is 0 Å². The molecule has 0 aliphatic carbocycles. The average molecular weight is 404 g/mol. The fraction of sp³-hybridized carbons (Fsp3) is 0.300. The first-order valence-corrected chi connectivity index (χ1v) is 10.8. The van der Waals surface area contributed by atoms with Crippen LogP contribution in [0.4, 0.5) is 0 Å². The molecule has 4 rings (SSSR count). The van der Waals surface area contributed by atoms with Crippen molar-refractivity contribution in [3.05, 3.63) is 65.3 Å². The van der Waals surface area contributed by atoms with E-state index < -0.39 is 10.0 Å². The SMILES string of the molecule is CN1CCN(Cc2cccc3c2ccn3S(=O)(=O)c2cccc(Cl)c2)CC1. The molecule has 0 N–H and O–H groups in total. The van der Waals surface area contributed by atoms with E-state index in [1.807, 2.05) is 18.2 Å². The Hall–Kier alpha value is -1.86. The Kier molecular flexibility index (Phi) is 4.99. The van der Waals surface area contributed by atoms with E-state index in [0.717, 1.165) is 43.7 Å². The van der Waals surface area contributed by atoms with Crippen molar-refractivity contribution in [3.8, 4) is 0 Å². The third-order valence-electron chi connectivity index (χ3n) is 5.13. The van der Waals surface area contributed by atoms with Gasteiger partial charge in [0.15, 0.2) is 0 Å². The lowest BCUT2D eigenvalue weighted by Gasteiger charge is -2.32. The Balaban J connectivity index is 1.70. The normalized spacial score (nSPS) is 16.8. The first-order valence-electron chi connectivity index (χ1n) is 8.96. The van der Waals surface area contributed by atoms with Crippen molar-refractivity contribution in [2.75, 3.05) is 33.2 Å². The maximum Gasteiger partial charge on any atom is 0.268 e. The van der Waals surface area contributed by atoms with Crippen LogP contribution in [0.3, 0.4) is 0 Å². The maximum atomic E-state index is 13.1. The summed E-state index contributed by atoms with van der Waals surface area (Å²) in [5.74, 6) is 0. The van der Waals surface area contributed by atoms with Crippen LogP contribution >= 0.6 is 11.6 Å². The van der Waals surface area contributed by atoms with Gasteiger partial charge in [0.1, 0.15) is 0 Å². The number of aromatic nitrogens is 1. The predicted molar refractivity (Wildman–Crippen MR) is 109 cm³/mol. The Morgan fingerprint density at radius 1 is 1.00 bits per heavy atom. The van der Waals surface area contributed by atoms with E-state index in [1.165, 1.54) is 10.0 Å². The number of likely N-dealkylation sites (N-methyl/N-ethyl adjacent to an activating group) is 1. The number of halogens is 1. The minimum atomic E-state index is -3.69. The van der Waals surface area contributed by atoms with Crippen LogP contribution in [0.2, 0.25) is 5.02 Å². The third kappa shape index (κ3) is 3.62. The second kappa shape index (κ2) is 7.28. The second-order valence-electron chi connectivity index (χ2n) is 7.00. The Labute approximate surface area is 164 Å². The number of fused-ring (bicyclic) bond motifs is 1. The summed E-state index contributed by atoms with van der Waals surface area (Å²) in [6, 6.07) is 14.1. The van der Waals surface area contributed by atoms with Gasteiger partial charge in [0, 0.05) is 49.3 Å². The van der Waals surface area contributed by atoms with Crippen molar-refractivity contribution in [2.45, 2.75) is 11.4 Å². The van der Waals surface area contributed by atoms with Gasteiger partial charge in [-0.25, -0.2) is 12.4 Å². The Morgan fingerprint density at radius 3 is 2.48 bits per heavy atom. The van der Waals surface area contributed by atoms with Crippen LogP contribution in [0.5, 0.6) is 0 Å². The van der Waals surface area contributed by atoms with Crippen LogP contribution in [-0.4, -0.2) is 55.4 Å². The number of hydrogen-bond acceptors (Lipinski definition) is 4. The highest BCUT2D eigenvalue weighted by atomic mass is 35.5. The standard InChI is InChI=1S/C20H22ClN3O2S/c1-22-10-12-23(13-11-22)15-16-4-2-7-20-19(16)8-9-24(20)27(25,26)18-6-3-5-17(21)14-18/h2-9,14H,10-13,15H2,1H3. The van der Waals surface area contributed by atoms with Crippen LogP contribution in [-0.2, 0) is 16.6 Å². The van der Waals surface area contributed by atoms with E-state index in [-0.39, 0.29) is 4.90 Å². The van der Waals surface area contributed by atoms with E-state index in [2.05, 4.69) is 22.9 Å². The highest BCUT2D eigenvalue weighted by Crippen LogP contribution is 2.27. The predicted octanol–water partition coefficient (Wildman–Crippen LogP) is 3.28. The third-order valence-corrected chi connectivity index (χ3v) is 7.05. The van der Waals surface area contributed by atoms with Gasteiger partial charge in [-0.15, -0.1) is 0 Å². The summed E-state index contributed by atoms with van der Waals surface area (Å²) in [5, 5.41) is 1.38. The van der Waals surface area contributed by atoms with Crippen molar-refractivity contribution in [1.29, 1.82) is 0 Å². The lowest BCUT2D eigenvalue weighted by molar-refractivity contribution is 0.148. The largest absolute Gasteiger partial charge is 0.304 e. The fourth-order valence-corrected chi connectivity index (χ4v) is 5.19. The highest BCUT2D eigenvalue weighted by Gasteiger charge is 2.21. The summed E-state index contributed by atoms with van der Waals surface area (Å²) in [5.41, 5.74) is 1.85. The first kappa shape index (κ1) is 18.5. The minimum absolute atomic E-state index is 0.192. The molecule has 1 aliphatic rings. The van der Waals surface area contributed by atoms with Gasteiger partial charge in [-0.1, -0.05) is 29.8 Å². The molecule has 0 unspecified atom stereocenters. The van der Waals surface area contributed by atoms with Crippen LogP contribution < -0.4 is 0 Å². The van der Waals surface area contributed by atoms with Gasteiger partial charge in [-0.05, 0) is 42.9 Å². The van der Waals surface area contributed by atoms with E-state index in [4.69, 9.17) is 11.6 Å². The molecular weight excluding hydrogens is 382 g/mol. The first-order chi connectivity index (χ1) is 12.9. The second-order valence-corrected chi connectivity index (χ2v) is 9.25. The molecule has 2 heterocycles. The van der Waals surface area contributed by atoms with Gasteiger partial charge >= 0.3 is 0 Å².